The van der Waals surface area contributed by atoms with Gasteiger partial charge in [0.15, 0.2) is 6.61 Å². The number of hydrogen-bond donors (Lipinski definition) is 2. The smallest absolute Gasteiger partial charge is 0.411 e. The van der Waals surface area contributed by atoms with Gasteiger partial charge < -0.3 is 19.5 Å². The lowest BCUT2D eigenvalue weighted by atomic mass is 10.2. The molecule has 7 heteroatoms. The number of benzene rings is 2. The maximum Gasteiger partial charge on any atom is 0.411 e. The van der Waals surface area contributed by atoms with E-state index in [-0.39, 0.29) is 19.1 Å². The zero-order valence-corrected chi connectivity index (χ0v) is 14.8. The number of nitrogens with one attached hydrogen (secondary N) is 2. The molecule has 0 bridgehead atoms. The van der Waals surface area contributed by atoms with E-state index in [1.807, 2.05) is 24.3 Å². The van der Waals surface area contributed by atoms with E-state index < -0.39 is 6.09 Å². The average Bonchev–Trinajstić information content (AvgIpc) is 2.65. The largest absolute Gasteiger partial charge is 0.497 e. The van der Waals surface area contributed by atoms with Gasteiger partial charge in [-0.2, -0.15) is 0 Å². The number of anilines is 1. The van der Waals surface area contributed by atoms with Crippen molar-refractivity contribution in [2.45, 2.75) is 13.5 Å². The van der Waals surface area contributed by atoms with Crippen molar-refractivity contribution in [1.82, 2.24) is 5.32 Å². The number of carbonyl (C=O) groups is 2. The van der Waals surface area contributed by atoms with Gasteiger partial charge in [0.25, 0.3) is 5.91 Å². The summed E-state index contributed by atoms with van der Waals surface area (Å²) < 4.78 is 15.4. The molecule has 0 radical (unpaired) electrons. The van der Waals surface area contributed by atoms with Gasteiger partial charge in [-0.1, -0.05) is 18.2 Å². The van der Waals surface area contributed by atoms with Crippen molar-refractivity contribution in [3.63, 3.8) is 0 Å². The Morgan fingerprint density at radius 3 is 2.58 bits per heavy atom. The molecule has 7 nitrogen and oxygen atoms in total. The number of amides is 2. The first kappa shape index (κ1) is 19.1. The van der Waals surface area contributed by atoms with Crippen LogP contribution in [-0.2, 0) is 16.1 Å². The number of ether oxygens (including phenoxy) is 3. The fourth-order valence-corrected chi connectivity index (χ4v) is 2.13. The molecular weight excluding hydrogens is 336 g/mol. The van der Waals surface area contributed by atoms with Gasteiger partial charge in [0.05, 0.1) is 13.7 Å². The number of carbonyl (C=O) groups excluding carboxylic acids is 2. The van der Waals surface area contributed by atoms with Gasteiger partial charge in [0, 0.05) is 18.3 Å². The van der Waals surface area contributed by atoms with Crippen LogP contribution in [0.5, 0.6) is 11.5 Å². The Labute approximate surface area is 152 Å². The minimum atomic E-state index is -0.541. The Morgan fingerprint density at radius 2 is 1.81 bits per heavy atom. The second-order valence-electron chi connectivity index (χ2n) is 5.29. The highest BCUT2D eigenvalue weighted by Crippen LogP contribution is 2.17. The van der Waals surface area contributed by atoms with Crippen molar-refractivity contribution in [3.8, 4) is 11.5 Å². The van der Waals surface area contributed by atoms with E-state index in [2.05, 4.69) is 10.6 Å². The summed E-state index contributed by atoms with van der Waals surface area (Å²) in [5.74, 6) is 0.950. The van der Waals surface area contributed by atoms with Crippen LogP contribution in [0.2, 0.25) is 0 Å². The fourth-order valence-electron chi connectivity index (χ4n) is 2.13. The third-order valence-electron chi connectivity index (χ3n) is 3.35. The highest BCUT2D eigenvalue weighted by atomic mass is 16.5. The summed E-state index contributed by atoms with van der Waals surface area (Å²) in [7, 11) is 1.59. The van der Waals surface area contributed by atoms with E-state index in [0.717, 1.165) is 11.3 Å². The van der Waals surface area contributed by atoms with Gasteiger partial charge in [0.2, 0.25) is 0 Å². The van der Waals surface area contributed by atoms with Crippen LogP contribution in [0.1, 0.15) is 12.5 Å². The normalized spacial score (nSPS) is 9.92. The standard InChI is InChI=1S/C19H22N2O5/c1-3-25-19(23)21-15-7-5-9-17(11-15)26-13-18(22)20-12-14-6-4-8-16(10-14)24-2/h4-11H,3,12-13H2,1-2H3,(H,20,22)(H,21,23). The Morgan fingerprint density at radius 1 is 1.04 bits per heavy atom. The molecule has 0 aromatic heterocycles. The number of hydrogen-bond acceptors (Lipinski definition) is 5. The molecule has 2 aromatic carbocycles. The third-order valence-corrected chi connectivity index (χ3v) is 3.35. The van der Waals surface area contributed by atoms with E-state index in [4.69, 9.17) is 14.2 Å². The van der Waals surface area contributed by atoms with E-state index >= 15 is 0 Å². The van der Waals surface area contributed by atoms with E-state index in [9.17, 15) is 9.59 Å². The van der Waals surface area contributed by atoms with Gasteiger partial charge in [-0.05, 0) is 36.8 Å². The molecule has 0 aliphatic rings. The molecule has 0 aliphatic heterocycles. The lowest BCUT2D eigenvalue weighted by Crippen LogP contribution is -2.28. The van der Waals surface area contributed by atoms with Crippen LogP contribution >= 0.6 is 0 Å². The van der Waals surface area contributed by atoms with Gasteiger partial charge in [-0.3, -0.25) is 10.1 Å². The molecule has 0 fully saturated rings. The summed E-state index contributed by atoms with van der Waals surface area (Å²) >= 11 is 0. The maximum absolute atomic E-state index is 11.9. The van der Waals surface area contributed by atoms with Crippen LogP contribution in [0.25, 0.3) is 0 Å². The molecule has 0 aliphatic carbocycles. The molecule has 0 unspecified atom stereocenters. The highest BCUT2D eigenvalue weighted by Gasteiger charge is 2.06. The highest BCUT2D eigenvalue weighted by molar-refractivity contribution is 5.84. The van der Waals surface area contributed by atoms with Crippen LogP contribution in [0.4, 0.5) is 10.5 Å². The molecule has 0 saturated carbocycles. The second-order valence-corrected chi connectivity index (χ2v) is 5.29. The predicted molar refractivity (Wildman–Crippen MR) is 97.4 cm³/mol. The monoisotopic (exact) mass is 358 g/mol. The SMILES string of the molecule is CCOC(=O)Nc1cccc(OCC(=O)NCc2cccc(OC)c2)c1. The molecule has 26 heavy (non-hydrogen) atoms. The van der Waals surface area contributed by atoms with Crippen molar-refractivity contribution in [1.29, 1.82) is 0 Å². The van der Waals surface area contributed by atoms with Crippen molar-refractivity contribution in [2.24, 2.45) is 0 Å². The molecule has 138 valence electrons. The van der Waals surface area contributed by atoms with Crippen molar-refractivity contribution >= 4 is 17.7 Å². The molecule has 0 saturated heterocycles. The first-order valence-corrected chi connectivity index (χ1v) is 8.17. The summed E-state index contributed by atoms with van der Waals surface area (Å²) in [4.78, 5) is 23.3. The topological polar surface area (TPSA) is 85.9 Å². The molecule has 0 heterocycles. The number of methoxy groups -OCH3 is 1. The van der Waals surface area contributed by atoms with Crippen LogP contribution in [0.15, 0.2) is 48.5 Å². The Bertz CT molecular complexity index is 748. The van der Waals surface area contributed by atoms with Crippen LogP contribution < -0.4 is 20.1 Å². The van der Waals surface area contributed by atoms with Crippen molar-refractivity contribution < 1.29 is 23.8 Å². The average molecular weight is 358 g/mol. The molecule has 2 aromatic rings. The number of rotatable bonds is 8. The first-order valence-electron chi connectivity index (χ1n) is 8.17. The molecule has 2 amide bonds. The minimum absolute atomic E-state index is 0.132. The van der Waals surface area contributed by atoms with Crippen molar-refractivity contribution in [2.75, 3.05) is 25.6 Å². The Balaban J connectivity index is 1.80. The quantitative estimate of drug-likeness (QED) is 0.758. The van der Waals surface area contributed by atoms with E-state index in [0.29, 0.717) is 18.0 Å². The van der Waals surface area contributed by atoms with Crippen molar-refractivity contribution in [3.05, 3.63) is 54.1 Å². The Kier molecular flexibility index (Phi) is 7.30. The summed E-state index contributed by atoms with van der Waals surface area (Å²) in [6, 6.07) is 14.2. The first-order chi connectivity index (χ1) is 12.6. The minimum Gasteiger partial charge on any atom is -0.497 e. The van der Waals surface area contributed by atoms with Crippen LogP contribution in [-0.4, -0.2) is 32.3 Å². The zero-order valence-electron chi connectivity index (χ0n) is 14.8. The molecule has 0 atom stereocenters. The van der Waals surface area contributed by atoms with Crippen LogP contribution in [0.3, 0.4) is 0 Å². The lowest BCUT2D eigenvalue weighted by Gasteiger charge is -2.10. The summed E-state index contributed by atoms with van der Waals surface area (Å²) in [6.45, 7) is 2.26. The second kappa shape index (κ2) is 9.93. The molecular formula is C19H22N2O5. The van der Waals surface area contributed by atoms with Gasteiger partial charge in [-0.25, -0.2) is 4.79 Å². The van der Waals surface area contributed by atoms with E-state index in [1.54, 1.807) is 38.3 Å². The van der Waals surface area contributed by atoms with Gasteiger partial charge >= 0.3 is 6.09 Å². The van der Waals surface area contributed by atoms with Crippen LogP contribution in [0, 0.1) is 0 Å². The molecule has 2 rings (SSSR count). The summed E-state index contributed by atoms with van der Waals surface area (Å²) in [6.07, 6.45) is -0.541. The fraction of sp³-hybridized carbons (Fsp3) is 0.263. The van der Waals surface area contributed by atoms with Gasteiger partial charge in [-0.15, -0.1) is 0 Å². The molecule has 0 spiro atoms. The Hall–Kier alpha value is -3.22. The third kappa shape index (κ3) is 6.35. The predicted octanol–water partition coefficient (Wildman–Crippen LogP) is 2.96. The zero-order chi connectivity index (χ0) is 18.8. The summed E-state index contributed by atoms with van der Waals surface area (Å²) in [5, 5.41) is 5.35. The van der Waals surface area contributed by atoms with E-state index in [1.165, 1.54) is 0 Å². The van der Waals surface area contributed by atoms with Gasteiger partial charge in [0.1, 0.15) is 11.5 Å². The lowest BCUT2D eigenvalue weighted by molar-refractivity contribution is -0.123. The summed E-state index contributed by atoms with van der Waals surface area (Å²) in [5.41, 5.74) is 1.45. The molecule has 2 N–H and O–H groups in total. The maximum atomic E-state index is 11.9.